The zero-order valence-corrected chi connectivity index (χ0v) is 13.3. The predicted molar refractivity (Wildman–Crippen MR) is 85.5 cm³/mol. The quantitative estimate of drug-likeness (QED) is 0.611. The third-order valence-electron chi connectivity index (χ3n) is 6.05. The Morgan fingerprint density at radius 3 is 3.09 bits per heavy atom. The molecule has 1 saturated heterocycles. The number of aliphatic hydroxyl groups is 1. The summed E-state index contributed by atoms with van der Waals surface area (Å²) < 4.78 is 14.0. The van der Waals surface area contributed by atoms with Crippen molar-refractivity contribution >= 4 is 12.8 Å². The zero-order chi connectivity index (χ0) is 15.1. The maximum absolute atomic E-state index is 10.5. The number of methoxy groups -OCH3 is 1. The van der Waals surface area contributed by atoms with Gasteiger partial charge in [0.25, 0.3) is 0 Å². The first-order valence-electron chi connectivity index (χ1n) is 7.85. The van der Waals surface area contributed by atoms with E-state index < -0.39 is 6.10 Å². The first kappa shape index (κ1) is 13.3. The van der Waals surface area contributed by atoms with Crippen molar-refractivity contribution in [3.63, 3.8) is 0 Å². The molecule has 1 aromatic rings. The van der Waals surface area contributed by atoms with E-state index in [4.69, 9.17) is 22.3 Å². The van der Waals surface area contributed by atoms with E-state index in [0.717, 1.165) is 30.9 Å². The van der Waals surface area contributed by atoms with Crippen molar-refractivity contribution in [3.05, 3.63) is 35.4 Å². The highest BCUT2D eigenvalue weighted by Gasteiger charge is 2.64. The number of rotatable bonds is 1. The van der Waals surface area contributed by atoms with E-state index in [1.807, 2.05) is 12.1 Å². The second-order valence-corrected chi connectivity index (χ2v) is 7.31. The molecule has 5 rings (SSSR count). The van der Waals surface area contributed by atoms with Crippen LogP contribution in [-0.2, 0) is 11.8 Å². The summed E-state index contributed by atoms with van der Waals surface area (Å²) in [5, 5.41) is 10.5. The van der Waals surface area contributed by atoms with Crippen molar-refractivity contribution in [3.8, 4) is 11.5 Å². The van der Waals surface area contributed by atoms with Gasteiger partial charge >= 0.3 is 0 Å². The van der Waals surface area contributed by atoms with Gasteiger partial charge in [0.05, 0.1) is 7.11 Å². The normalized spacial score (nSPS) is 41.0. The Balaban J connectivity index is 1.82. The van der Waals surface area contributed by atoms with Crippen LogP contribution >= 0.6 is 12.8 Å². The van der Waals surface area contributed by atoms with E-state index in [1.54, 1.807) is 7.11 Å². The van der Waals surface area contributed by atoms with Crippen LogP contribution in [0.15, 0.2) is 24.3 Å². The molecule has 1 aromatic carbocycles. The summed E-state index contributed by atoms with van der Waals surface area (Å²) in [5.41, 5.74) is 2.47. The van der Waals surface area contributed by atoms with Crippen molar-refractivity contribution in [2.75, 3.05) is 13.7 Å². The Hall–Kier alpha value is -1.17. The monoisotopic (exact) mass is 317 g/mol. The average molecular weight is 317 g/mol. The number of thiol groups is 1. The third-order valence-corrected chi connectivity index (χ3v) is 6.54. The molecular formula is C17H19NO3S. The number of hydrogen-bond donors (Lipinski definition) is 2. The van der Waals surface area contributed by atoms with Crippen LogP contribution in [0.2, 0.25) is 0 Å². The maximum Gasteiger partial charge on any atom is 0.165 e. The van der Waals surface area contributed by atoms with Crippen molar-refractivity contribution in [1.29, 1.82) is 0 Å². The van der Waals surface area contributed by atoms with E-state index in [-0.39, 0.29) is 11.5 Å². The van der Waals surface area contributed by atoms with Gasteiger partial charge in [-0.05, 0) is 24.5 Å². The molecule has 5 heteroatoms. The molecule has 1 N–H and O–H groups in total. The van der Waals surface area contributed by atoms with E-state index in [9.17, 15) is 5.11 Å². The highest BCUT2D eigenvalue weighted by Crippen LogP contribution is 2.62. The fourth-order valence-corrected chi connectivity index (χ4v) is 5.51. The van der Waals surface area contributed by atoms with Gasteiger partial charge in [-0.2, -0.15) is 0 Å². The first-order chi connectivity index (χ1) is 10.7. The molecule has 5 atom stereocenters. The van der Waals surface area contributed by atoms with E-state index in [1.165, 1.54) is 11.1 Å². The Kier molecular flexibility index (Phi) is 2.55. The van der Waals surface area contributed by atoms with Crippen LogP contribution in [0.1, 0.15) is 17.5 Å². The number of piperidine rings is 1. The number of nitrogens with zero attached hydrogens (tertiary/aromatic N) is 1. The Bertz CT molecular complexity index is 691. The van der Waals surface area contributed by atoms with Gasteiger partial charge in [0.15, 0.2) is 11.5 Å². The lowest BCUT2D eigenvalue weighted by Crippen LogP contribution is -2.63. The fourth-order valence-electron chi connectivity index (χ4n) is 5.19. The lowest BCUT2D eigenvalue weighted by atomic mass is 9.53. The second kappa shape index (κ2) is 4.22. The van der Waals surface area contributed by atoms with Gasteiger partial charge < -0.3 is 14.6 Å². The maximum atomic E-state index is 10.5. The molecule has 22 heavy (non-hydrogen) atoms. The number of ether oxygens (including phenoxy) is 2. The fraction of sp³-hybridized carbons (Fsp3) is 0.529. The highest BCUT2D eigenvalue weighted by molar-refractivity contribution is 7.77. The number of benzene rings is 1. The Morgan fingerprint density at radius 2 is 2.27 bits per heavy atom. The molecule has 5 unspecified atom stereocenters. The van der Waals surface area contributed by atoms with Crippen molar-refractivity contribution in [2.45, 2.75) is 36.5 Å². The largest absolute Gasteiger partial charge is 0.493 e. The molecule has 4 aliphatic rings. The molecule has 0 radical (unpaired) electrons. The smallest absolute Gasteiger partial charge is 0.165 e. The summed E-state index contributed by atoms with van der Waals surface area (Å²) in [6, 6.07) is 4.51. The minimum absolute atomic E-state index is 0.129. The minimum Gasteiger partial charge on any atom is -0.493 e. The van der Waals surface area contributed by atoms with Gasteiger partial charge in [-0.25, -0.2) is 4.31 Å². The summed E-state index contributed by atoms with van der Waals surface area (Å²) in [6.07, 6.45) is 5.24. The Morgan fingerprint density at radius 1 is 1.41 bits per heavy atom. The lowest BCUT2D eigenvalue weighted by molar-refractivity contribution is -0.0315. The van der Waals surface area contributed by atoms with Gasteiger partial charge in [-0.15, -0.1) is 0 Å². The SMILES string of the molecule is COc1ccc2c3c1OC1C(O)C=CC4C(C2)N(S)CCC341. The number of hydrogen-bond acceptors (Lipinski definition) is 5. The summed E-state index contributed by atoms with van der Waals surface area (Å²) in [4.78, 5) is 0. The van der Waals surface area contributed by atoms with Crippen LogP contribution < -0.4 is 9.47 Å². The van der Waals surface area contributed by atoms with Crippen LogP contribution in [-0.4, -0.2) is 41.3 Å². The standard InChI is InChI=1S/C17H19NO3S/c1-20-13-5-2-9-8-11-10-3-4-12(19)16-17(10,6-7-18(11)22)14(9)15(13)21-16/h2-5,10-12,16,19,22H,6-8H2,1H3. The predicted octanol–water partition coefficient (Wildman–Crippen LogP) is 1.72. The summed E-state index contributed by atoms with van der Waals surface area (Å²) in [5.74, 6) is 1.97. The molecular weight excluding hydrogens is 298 g/mol. The van der Waals surface area contributed by atoms with E-state index in [2.05, 4.69) is 16.4 Å². The zero-order valence-electron chi connectivity index (χ0n) is 12.4. The van der Waals surface area contributed by atoms with Crippen molar-refractivity contribution in [1.82, 2.24) is 4.31 Å². The molecule has 2 bridgehead atoms. The minimum atomic E-state index is -0.563. The van der Waals surface area contributed by atoms with Gasteiger partial charge in [0.1, 0.15) is 12.2 Å². The molecule has 4 nitrogen and oxygen atoms in total. The van der Waals surface area contributed by atoms with Crippen LogP contribution in [0, 0.1) is 5.92 Å². The molecule has 1 spiro atoms. The number of aliphatic hydroxyl groups excluding tert-OH is 1. The lowest BCUT2D eigenvalue weighted by Gasteiger charge is -2.55. The van der Waals surface area contributed by atoms with Gasteiger partial charge in [-0.3, -0.25) is 0 Å². The molecule has 2 aliphatic carbocycles. The topological polar surface area (TPSA) is 41.9 Å². The summed E-state index contributed by atoms with van der Waals surface area (Å²) >= 11 is 4.70. The first-order valence-corrected chi connectivity index (χ1v) is 8.25. The van der Waals surface area contributed by atoms with Crippen molar-refractivity contribution < 1.29 is 14.6 Å². The van der Waals surface area contributed by atoms with Crippen LogP contribution in [0.4, 0.5) is 0 Å². The van der Waals surface area contributed by atoms with E-state index >= 15 is 0 Å². The van der Waals surface area contributed by atoms with Gasteiger partial charge in [-0.1, -0.05) is 31.0 Å². The molecule has 1 fully saturated rings. The molecule has 0 saturated carbocycles. The van der Waals surface area contributed by atoms with Crippen LogP contribution in [0.3, 0.4) is 0 Å². The molecule has 2 heterocycles. The van der Waals surface area contributed by atoms with Crippen molar-refractivity contribution in [2.24, 2.45) is 5.92 Å². The summed E-state index contributed by atoms with van der Waals surface area (Å²) in [7, 11) is 1.68. The van der Waals surface area contributed by atoms with E-state index in [0.29, 0.717) is 12.0 Å². The van der Waals surface area contributed by atoms with Crippen LogP contribution in [0.25, 0.3) is 0 Å². The molecule has 2 aliphatic heterocycles. The summed E-state index contributed by atoms with van der Waals surface area (Å²) in [6.45, 7) is 0.917. The second-order valence-electron chi connectivity index (χ2n) is 6.80. The molecule has 0 aromatic heterocycles. The third kappa shape index (κ3) is 1.34. The molecule has 0 amide bonds. The average Bonchev–Trinajstić information content (AvgIpc) is 2.88. The van der Waals surface area contributed by atoms with Crippen LogP contribution in [0.5, 0.6) is 11.5 Å². The van der Waals surface area contributed by atoms with Gasteiger partial charge in [0.2, 0.25) is 0 Å². The molecule has 116 valence electrons. The highest BCUT2D eigenvalue weighted by atomic mass is 32.1. The van der Waals surface area contributed by atoms with Gasteiger partial charge in [0, 0.05) is 29.5 Å². The Labute approximate surface area is 135 Å².